The van der Waals surface area contributed by atoms with Gasteiger partial charge < -0.3 is 5.32 Å². The average molecular weight is 188 g/mol. The van der Waals surface area contributed by atoms with E-state index < -0.39 is 9.73 Å². The smallest absolute Gasteiger partial charge is 0.222 e. The minimum Gasteiger partial charge on any atom is -0.350 e. The van der Waals surface area contributed by atoms with Crippen LogP contribution >= 0.6 is 0 Å². The van der Waals surface area contributed by atoms with Gasteiger partial charge in [0.1, 0.15) is 0 Å². The molecule has 2 heterocycles. The Hall–Kier alpha value is -0.580. The summed E-state index contributed by atoms with van der Waals surface area (Å²) in [4.78, 5) is 10.7. The van der Waals surface area contributed by atoms with Crippen LogP contribution in [0.4, 0.5) is 0 Å². The first-order chi connectivity index (χ1) is 5.52. The summed E-state index contributed by atoms with van der Waals surface area (Å²) in [5.74, 6) is 0.994. The maximum atomic E-state index is 11.3. The molecule has 2 fully saturated rings. The second kappa shape index (κ2) is 2.22. The first kappa shape index (κ1) is 8.04. The molecule has 1 spiro atoms. The number of carbonyl (C=O) groups excluding carboxylic acids is 1. The quantitative estimate of drug-likeness (QED) is 0.529. The van der Waals surface area contributed by atoms with Crippen molar-refractivity contribution in [3.05, 3.63) is 0 Å². The van der Waals surface area contributed by atoms with Crippen LogP contribution in [0.3, 0.4) is 0 Å². The molecule has 2 aliphatic rings. The monoisotopic (exact) mass is 188 g/mol. The third kappa shape index (κ3) is 1.22. The first-order valence-corrected chi connectivity index (χ1v) is 5.96. The number of hydrogen-bond acceptors (Lipinski definition) is 3. The van der Waals surface area contributed by atoms with Gasteiger partial charge in [-0.25, -0.2) is 4.21 Å². The molecule has 0 radical (unpaired) electrons. The number of hydrogen-bond donors (Lipinski definition) is 2. The Labute approximate surface area is 71.7 Å². The van der Waals surface area contributed by atoms with Gasteiger partial charge >= 0.3 is 0 Å². The fourth-order valence-corrected chi connectivity index (χ4v) is 3.48. The van der Waals surface area contributed by atoms with Crippen molar-refractivity contribution in [1.82, 2.24) is 5.32 Å². The zero-order chi connectivity index (χ0) is 8.82. The van der Waals surface area contributed by atoms with Crippen molar-refractivity contribution in [3.8, 4) is 0 Å². The van der Waals surface area contributed by atoms with Gasteiger partial charge in [0.05, 0.1) is 5.54 Å². The van der Waals surface area contributed by atoms with E-state index in [9.17, 15) is 9.00 Å². The van der Waals surface area contributed by atoms with E-state index in [0.717, 1.165) is 12.8 Å². The Bertz CT molecular complexity index is 296. The topological polar surface area (TPSA) is 70.0 Å². The molecule has 0 aromatic rings. The number of rotatable bonds is 0. The zero-order valence-electron chi connectivity index (χ0n) is 6.76. The number of β-lactam (4-membered cyclic amide) rings is 1. The number of carbonyl (C=O) groups is 1. The number of nitrogens with one attached hydrogen (secondary N) is 2. The van der Waals surface area contributed by atoms with Crippen LogP contribution in [0.2, 0.25) is 0 Å². The predicted octanol–water partition coefficient (Wildman–Crippen LogP) is 0.0857. The highest BCUT2D eigenvalue weighted by molar-refractivity contribution is 7.92. The molecule has 2 aliphatic heterocycles. The predicted molar refractivity (Wildman–Crippen MR) is 45.3 cm³/mol. The van der Waals surface area contributed by atoms with Gasteiger partial charge in [-0.2, -0.15) is 0 Å². The molecule has 2 rings (SSSR count). The van der Waals surface area contributed by atoms with Crippen LogP contribution in [0.15, 0.2) is 0 Å². The highest BCUT2D eigenvalue weighted by atomic mass is 32.2. The molecule has 4 nitrogen and oxygen atoms in total. The molecule has 2 N–H and O–H groups in total. The highest BCUT2D eigenvalue weighted by Crippen LogP contribution is 2.32. The van der Waals surface area contributed by atoms with Crippen molar-refractivity contribution in [2.75, 3.05) is 11.5 Å². The Balaban J connectivity index is 2.04. The fourth-order valence-electron chi connectivity index (χ4n) is 1.83. The van der Waals surface area contributed by atoms with Gasteiger partial charge in [-0.05, 0) is 12.8 Å². The fraction of sp³-hybridized carbons (Fsp3) is 0.857. The second-order valence-electron chi connectivity index (χ2n) is 3.73. The molecule has 0 saturated carbocycles. The summed E-state index contributed by atoms with van der Waals surface area (Å²) in [6.07, 6.45) is 2.02. The van der Waals surface area contributed by atoms with Crippen molar-refractivity contribution in [3.63, 3.8) is 0 Å². The third-order valence-corrected chi connectivity index (χ3v) is 4.45. The lowest BCUT2D eigenvalue weighted by Crippen LogP contribution is -2.63. The maximum Gasteiger partial charge on any atom is 0.222 e. The van der Waals surface area contributed by atoms with Crippen LogP contribution in [0, 0.1) is 4.78 Å². The standard InChI is InChI=1S/C7H12N2O2S/c8-12(11)3-1-7(2-4-12)5-6(10)9-7/h8H,1-5H2,(H,9,10). The van der Waals surface area contributed by atoms with Crippen LogP contribution in [0.25, 0.3) is 0 Å². The van der Waals surface area contributed by atoms with E-state index in [-0.39, 0.29) is 11.4 Å². The van der Waals surface area contributed by atoms with Crippen LogP contribution in [-0.4, -0.2) is 27.2 Å². The minimum absolute atomic E-state index is 0.0704. The summed E-state index contributed by atoms with van der Waals surface area (Å²) < 4.78 is 18.6. The lowest BCUT2D eigenvalue weighted by atomic mass is 9.82. The maximum absolute atomic E-state index is 11.3. The van der Waals surface area contributed by atoms with Gasteiger partial charge in [-0.15, -0.1) is 0 Å². The largest absolute Gasteiger partial charge is 0.350 e. The summed E-state index contributed by atoms with van der Waals surface area (Å²) in [6.45, 7) is 0. The normalized spacial score (nSPS) is 46.8. The first-order valence-electron chi connectivity index (χ1n) is 4.07. The summed E-state index contributed by atoms with van der Waals surface area (Å²) in [5, 5.41) is 2.85. The summed E-state index contributed by atoms with van der Waals surface area (Å²) in [7, 11) is -2.30. The third-order valence-electron chi connectivity index (χ3n) is 2.72. The van der Waals surface area contributed by atoms with Crippen LogP contribution < -0.4 is 5.32 Å². The highest BCUT2D eigenvalue weighted by Gasteiger charge is 2.45. The molecule has 0 aliphatic carbocycles. The molecular formula is C7H12N2O2S. The number of amides is 1. The molecule has 68 valence electrons. The molecule has 0 atom stereocenters. The molecule has 1 amide bonds. The molecule has 5 heteroatoms. The van der Waals surface area contributed by atoms with E-state index in [1.807, 2.05) is 0 Å². The molecule has 2 saturated heterocycles. The molecule has 0 unspecified atom stereocenters. The molecular weight excluding hydrogens is 176 g/mol. The van der Waals surface area contributed by atoms with Crippen LogP contribution in [0.5, 0.6) is 0 Å². The Kier molecular flexibility index (Phi) is 1.49. The van der Waals surface area contributed by atoms with Crippen molar-refractivity contribution in [2.45, 2.75) is 24.8 Å². The van der Waals surface area contributed by atoms with E-state index in [4.69, 9.17) is 4.78 Å². The average Bonchev–Trinajstić information content (AvgIpc) is 1.92. The zero-order valence-corrected chi connectivity index (χ0v) is 7.58. The van der Waals surface area contributed by atoms with Gasteiger partial charge in [-0.1, -0.05) is 0 Å². The molecule has 0 aromatic carbocycles. The van der Waals surface area contributed by atoms with Crippen molar-refractivity contribution in [1.29, 1.82) is 4.78 Å². The summed E-state index contributed by atoms with van der Waals surface area (Å²) in [5.41, 5.74) is -0.0704. The Morgan fingerprint density at radius 3 is 2.33 bits per heavy atom. The molecule has 12 heavy (non-hydrogen) atoms. The second-order valence-corrected chi connectivity index (χ2v) is 6.17. The van der Waals surface area contributed by atoms with Gasteiger partial charge in [0.25, 0.3) is 0 Å². The Morgan fingerprint density at radius 1 is 1.42 bits per heavy atom. The van der Waals surface area contributed by atoms with Gasteiger partial charge in [0, 0.05) is 27.7 Å². The lowest BCUT2D eigenvalue weighted by Gasteiger charge is -2.45. The SMILES string of the molecule is N=S1(=O)CCC2(CC1)CC(=O)N2. The van der Waals surface area contributed by atoms with Gasteiger partial charge in [0.2, 0.25) is 5.91 Å². The van der Waals surface area contributed by atoms with Crippen molar-refractivity contribution < 1.29 is 9.00 Å². The lowest BCUT2D eigenvalue weighted by molar-refractivity contribution is -0.133. The van der Waals surface area contributed by atoms with Gasteiger partial charge in [-0.3, -0.25) is 9.57 Å². The van der Waals surface area contributed by atoms with E-state index in [1.165, 1.54) is 0 Å². The van der Waals surface area contributed by atoms with E-state index in [2.05, 4.69) is 5.32 Å². The van der Waals surface area contributed by atoms with E-state index in [0.29, 0.717) is 17.9 Å². The van der Waals surface area contributed by atoms with Crippen molar-refractivity contribution in [2.24, 2.45) is 0 Å². The van der Waals surface area contributed by atoms with E-state index in [1.54, 1.807) is 0 Å². The summed E-state index contributed by atoms with van der Waals surface area (Å²) >= 11 is 0. The summed E-state index contributed by atoms with van der Waals surface area (Å²) in [6, 6.07) is 0. The minimum atomic E-state index is -2.30. The van der Waals surface area contributed by atoms with Crippen LogP contribution in [0.1, 0.15) is 19.3 Å². The Morgan fingerprint density at radius 2 is 1.92 bits per heavy atom. The van der Waals surface area contributed by atoms with Gasteiger partial charge in [0.15, 0.2) is 0 Å². The molecule has 0 aromatic heterocycles. The molecule has 0 bridgehead atoms. The van der Waals surface area contributed by atoms with E-state index >= 15 is 0 Å². The van der Waals surface area contributed by atoms with Crippen LogP contribution in [-0.2, 0) is 14.5 Å². The van der Waals surface area contributed by atoms with Crippen molar-refractivity contribution >= 4 is 15.6 Å².